The topological polar surface area (TPSA) is 83.0 Å². The summed E-state index contributed by atoms with van der Waals surface area (Å²) in [5, 5.41) is 6.45. The van der Waals surface area contributed by atoms with Gasteiger partial charge >= 0.3 is 0 Å². The van der Waals surface area contributed by atoms with Crippen molar-refractivity contribution in [2.75, 3.05) is 32.4 Å². The van der Waals surface area contributed by atoms with E-state index in [-0.39, 0.29) is 48.0 Å². The van der Waals surface area contributed by atoms with E-state index in [0.29, 0.717) is 31.0 Å². The zero-order valence-electron chi connectivity index (χ0n) is 17.9. The first-order valence-electron chi connectivity index (χ1n) is 9.53. The minimum Gasteiger partial charge on any atom is -0.373 e. The minimum absolute atomic E-state index is 0. The molecule has 27 heavy (non-hydrogen) atoms. The molecule has 0 aromatic carbocycles. The quantitative estimate of drug-likeness (QED) is 0.307. The van der Waals surface area contributed by atoms with E-state index < -0.39 is 10.0 Å². The molecule has 1 saturated heterocycles. The number of halogens is 1. The summed E-state index contributed by atoms with van der Waals surface area (Å²) in [5.41, 5.74) is 0.299. The molecule has 162 valence electrons. The second kappa shape index (κ2) is 11.8. The third-order valence-electron chi connectivity index (χ3n) is 4.37. The number of hydrogen-bond donors (Lipinski definition) is 2. The molecule has 1 heterocycles. The van der Waals surface area contributed by atoms with Crippen molar-refractivity contribution in [3.05, 3.63) is 0 Å². The van der Waals surface area contributed by atoms with Gasteiger partial charge in [0.2, 0.25) is 10.0 Å². The molecular weight excluding hydrogens is 479 g/mol. The second-order valence-corrected chi connectivity index (χ2v) is 10.6. The van der Waals surface area contributed by atoms with Gasteiger partial charge in [0.1, 0.15) is 0 Å². The highest BCUT2D eigenvalue weighted by atomic mass is 127. The van der Waals surface area contributed by atoms with Crippen LogP contribution < -0.4 is 10.6 Å². The Hall–Kier alpha value is -0.130. The van der Waals surface area contributed by atoms with E-state index in [0.717, 1.165) is 12.8 Å². The molecule has 0 aliphatic carbocycles. The number of nitrogens with zero attached hydrogens (tertiary/aromatic N) is 2. The number of ether oxygens (including phenoxy) is 1. The van der Waals surface area contributed by atoms with Crippen LogP contribution in [0.25, 0.3) is 0 Å². The molecule has 3 atom stereocenters. The number of guanidine groups is 1. The summed E-state index contributed by atoms with van der Waals surface area (Å²) in [6, 6.07) is 0.276. The van der Waals surface area contributed by atoms with Gasteiger partial charge in [-0.2, -0.15) is 4.31 Å². The van der Waals surface area contributed by atoms with E-state index in [9.17, 15) is 8.42 Å². The monoisotopic (exact) mass is 518 g/mol. The van der Waals surface area contributed by atoms with Gasteiger partial charge in [0.25, 0.3) is 0 Å². The van der Waals surface area contributed by atoms with Gasteiger partial charge in [0, 0.05) is 32.7 Å². The summed E-state index contributed by atoms with van der Waals surface area (Å²) in [7, 11) is -1.60. The Balaban J connectivity index is 0.00000676. The fourth-order valence-corrected chi connectivity index (χ4v) is 4.43. The Morgan fingerprint density at radius 2 is 1.81 bits per heavy atom. The number of aliphatic imine (C=N–C) groups is 1. The van der Waals surface area contributed by atoms with Crippen LogP contribution in [-0.4, -0.2) is 69.4 Å². The summed E-state index contributed by atoms with van der Waals surface area (Å²) >= 11 is 0. The van der Waals surface area contributed by atoms with Gasteiger partial charge in [-0.05, 0) is 39.0 Å². The predicted octanol–water partition coefficient (Wildman–Crippen LogP) is 2.42. The Kier molecular flexibility index (Phi) is 11.7. The zero-order chi connectivity index (χ0) is 20.0. The highest BCUT2D eigenvalue weighted by Gasteiger charge is 2.30. The zero-order valence-corrected chi connectivity index (χ0v) is 21.1. The van der Waals surface area contributed by atoms with Crippen LogP contribution in [0.3, 0.4) is 0 Å². The van der Waals surface area contributed by atoms with Crippen LogP contribution in [0.5, 0.6) is 0 Å². The maximum absolute atomic E-state index is 12.6. The molecule has 0 bridgehead atoms. The van der Waals surface area contributed by atoms with E-state index in [1.165, 1.54) is 4.31 Å². The molecule has 1 rings (SSSR count). The molecule has 0 spiro atoms. The average molecular weight is 519 g/mol. The number of hydrogen-bond acceptors (Lipinski definition) is 4. The van der Waals surface area contributed by atoms with Crippen molar-refractivity contribution in [1.29, 1.82) is 0 Å². The van der Waals surface area contributed by atoms with Crippen molar-refractivity contribution in [3.63, 3.8) is 0 Å². The molecule has 1 aliphatic rings. The second-order valence-electron chi connectivity index (χ2n) is 8.53. The Morgan fingerprint density at radius 1 is 1.26 bits per heavy atom. The summed E-state index contributed by atoms with van der Waals surface area (Å²) < 4.78 is 32.3. The molecule has 7 nitrogen and oxygen atoms in total. The highest BCUT2D eigenvalue weighted by Crippen LogP contribution is 2.21. The number of rotatable bonds is 7. The fraction of sp³-hybridized carbons (Fsp3) is 0.944. The maximum Gasteiger partial charge on any atom is 0.216 e. The number of morpholine rings is 1. The standard InChI is InChI=1S/C18H38N4O3S.HI/c1-14(8-9-18(4,5)6)21-17(19-7)20-10-11-26(23,24)22-12-15(2)25-16(3)13-22;/h14-16H,8-13H2,1-7H3,(H2,19,20,21);1H. The summed E-state index contributed by atoms with van der Waals surface area (Å²) in [6.07, 6.45) is 2.01. The third-order valence-corrected chi connectivity index (χ3v) is 6.17. The van der Waals surface area contributed by atoms with Gasteiger partial charge in [-0.15, -0.1) is 24.0 Å². The molecular formula is C18H39IN4O3S. The molecule has 1 aliphatic heterocycles. The van der Waals surface area contributed by atoms with Gasteiger partial charge in [0.05, 0.1) is 18.0 Å². The predicted molar refractivity (Wildman–Crippen MR) is 123 cm³/mol. The molecule has 0 saturated carbocycles. The lowest BCUT2D eigenvalue weighted by Gasteiger charge is -2.34. The molecule has 0 amide bonds. The van der Waals surface area contributed by atoms with E-state index in [2.05, 4.69) is 43.3 Å². The van der Waals surface area contributed by atoms with Crippen LogP contribution in [0.4, 0.5) is 0 Å². The highest BCUT2D eigenvalue weighted by molar-refractivity contribution is 14.0. The first-order valence-corrected chi connectivity index (χ1v) is 11.1. The van der Waals surface area contributed by atoms with Crippen LogP contribution in [0.1, 0.15) is 54.4 Å². The third kappa shape index (κ3) is 10.8. The van der Waals surface area contributed by atoms with Crippen molar-refractivity contribution in [2.24, 2.45) is 10.4 Å². The van der Waals surface area contributed by atoms with Crippen molar-refractivity contribution in [3.8, 4) is 0 Å². The van der Waals surface area contributed by atoms with Crippen LogP contribution >= 0.6 is 24.0 Å². The Morgan fingerprint density at radius 3 is 2.30 bits per heavy atom. The number of nitrogens with one attached hydrogen (secondary N) is 2. The smallest absolute Gasteiger partial charge is 0.216 e. The molecule has 2 N–H and O–H groups in total. The minimum atomic E-state index is -3.30. The van der Waals surface area contributed by atoms with E-state index in [1.54, 1.807) is 7.05 Å². The summed E-state index contributed by atoms with van der Waals surface area (Å²) in [4.78, 5) is 4.19. The molecule has 0 radical (unpaired) electrons. The van der Waals surface area contributed by atoms with Crippen LogP contribution in [0.15, 0.2) is 4.99 Å². The van der Waals surface area contributed by atoms with Gasteiger partial charge < -0.3 is 15.4 Å². The maximum atomic E-state index is 12.6. The van der Waals surface area contributed by atoms with Gasteiger partial charge in [-0.3, -0.25) is 4.99 Å². The SMILES string of the molecule is CN=C(NCCS(=O)(=O)N1CC(C)OC(C)C1)NC(C)CCC(C)(C)C.I. The molecule has 9 heteroatoms. The molecule has 1 fully saturated rings. The molecule has 0 aromatic heterocycles. The number of sulfonamides is 1. The van der Waals surface area contributed by atoms with E-state index >= 15 is 0 Å². The normalized spacial score (nSPS) is 23.4. The van der Waals surface area contributed by atoms with E-state index in [1.807, 2.05) is 13.8 Å². The van der Waals surface area contributed by atoms with Crippen molar-refractivity contribution in [2.45, 2.75) is 72.6 Å². The van der Waals surface area contributed by atoms with Crippen molar-refractivity contribution < 1.29 is 13.2 Å². The van der Waals surface area contributed by atoms with Gasteiger partial charge in [-0.25, -0.2) is 8.42 Å². The lowest BCUT2D eigenvalue weighted by Crippen LogP contribution is -2.50. The summed E-state index contributed by atoms with van der Waals surface area (Å²) in [6.45, 7) is 13.8. The van der Waals surface area contributed by atoms with Gasteiger partial charge in [0.15, 0.2) is 5.96 Å². The van der Waals surface area contributed by atoms with Crippen molar-refractivity contribution in [1.82, 2.24) is 14.9 Å². The average Bonchev–Trinajstić information content (AvgIpc) is 2.50. The summed E-state index contributed by atoms with van der Waals surface area (Å²) in [5.74, 6) is 0.689. The molecule has 0 aromatic rings. The first-order chi connectivity index (χ1) is 11.9. The lowest BCUT2D eigenvalue weighted by molar-refractivity contribution is -0.0440. The van der Waals surface area contributed by atoms with Crippen LogP contribution in [-0.2, 0) is 14.8 Å². The Bertz CT molecular complexity index is 553. The first kappa shape index (κ1) is 26.9. The Labute approximate surface area is 183 Å². The molecule has 3 unspecified atom stereocenters. The fourth-order valence-electron chi connectivity index (χ4n) is 2.94. The van der Waals surface area contributed by atoms with Crippen LogP contribution in [0, 0.1) is 5.41 Å². The lowest BCUT2D eigenvalue weighted by atomic mass is 9.89. The van der Waals surface area contributed by atoms with Gasteiger partial charge in [-0.1, -0.05) is 20.8 Å². The van der Waals surface area contributed by atoms with Crippen molar-refractivity contribution >= 4 is 40.0 Å². The van der Waals surface area contributed by atoms with E-state index in [4.69, 9.17) is 4.74 Å². The van der Waals surface area contributed by atoms with Crippen LogP contribution in [0.2, 0.25) is 0 Å². The largest absolute Gasteiger partial charge is 0.373 e.